The van der Waals surface area contributed by atoms with Gasteiger partial charge in [-0.05, 0) is 47.2 Å². The Bertz CT molecular complexity index is 1140. The van der Waals surface area contributed by atoms with Crippen molar-refractivity contribution in [1.82, 2.24) is 14.7 Å². The second kappa shape index (κ2) is 8.01. The molecule has 0 unspecified atom stereocenters. The Morgan fingerprint density at radius 2 is 1.84 bits per heavy atom. The minimum Gasteiger partial charge on any atom is -0.454 e. The van der Waals surface area contributed by atoms with Crippen LogP contribution in [0.3, 0.4) is 0 Å². The summed E-state index contributed by atoms with van der Waals surface area (Å²) in [6, 6.07) is 14.5. The van der Waals surface area contributed by atoms with Gasteiger partial charge in [-0.1, -0.05) is 39.0 Å². The van der Waals surface area contributed by atoms with Gasteiger partial charge in [0.15, 0.2) is 11.5 Å². The van der Waals surface area contributed by atoms with E-state index in [2.05, 4.69) is 50.1 Å². The van der Waals surface area contributed by atoms with Crippen molar-refractivity contribution in [3.05, 3.63) is 71.0 Å². The number of hydrogen-bond donors (Lipinski definition) is 0. The van der Waals surface area contributed by atoms with Gasteiger partial charge >= 0.3 is 0 Å². The molecule has 0 atom stereocenters. The summed E-state index contributed by atoms with van der Waals surface area (Å²) in [6.45, 7) is 8.26. The molecule has 0 saturated carbocycles. The van der Waals surface area contributed by atoms with Gasteiger partial charge < -0.3 is 14.4 Å². The number of aromatic nitrogens is 2. The molecule has 6 heteroatoms. The number of amides is 1. The number of aryl methyl sites for hydroxylation is 1. The first-order valence-corrected chi connectivity index (χ1v) is 11.2. The van der Waals surface area contributed by atoms with E-state index in [1.165, 1.54) is 11.3 Å². The predicted molar refractivity (Wildman–Crippen MR) is 122 cm³/mol. The van der Waals surface area contributed by atoms with Gasteiger partial charge in [0, 0.05) is 31.5 Å². The highest BCUT2D eigenvalue weighted by molar-refractivity contribution is 5.76. The van der Waals surface area contributed by atoms with Gasteiger partial charge in [0.1, 0.15) is 0 Å². The van der Waals surface area contributed by atoms with E-state index in [1.54, 1.807) is 0 Å². The van der Waals surface area contributed by atoms with E-state index in [-0.39, 0.29) is 18.1 Å². The van der Waals surface area contributed by atoms with Crippen molar-refractivity contribution in [2.45, 2.75) is 52.0 Å². The van der Waals surface area contributed by atoms with Crippen LogP contribution in [-0.2, 0) is 29.6 Å². The molecule has 3 aromatic rings. The lowest BCUT2D eigenvalue weighted by molar-refractivity contribution is -0.132. The summed E-state index contributed by atoms with van der Waals surface area (Å²) in [5.74, 6) is 1.71. The van der Waals surface area contributed by atoms with E-state index in [4.69, 9.17) is 9.47 Å². The molecule has 0 fully saturated rings. The number of rotatable bonds is 4. The molecule has 5 rings (SSSR count). The maximum Gasteiger partial charge on any atom is 0.231 e. The number of carbonyl (C=O) groups excluding carboxylic acids is 1. The second-order valence-corrected chi connectivity index (χ2v) is 9.58. The molecule has 0 saturated heterocycles. The molecule has 0 aliphatic carbocycles. The van der Waals surface area contributed by atoms with Crippen molar-refractivity contribution in [3.8, 4) is 17.2 Å². The Kier molecular flexibility index (Phi) is 5.16. The molecule has 2 aromatic carbocycles. The van der Waals surface area contributed by atoms with Crippen LogP contribution in [0.25, 0.3) is 5.69 Å². The average Bonchev–Trinajstić information content (AvgIpc) is 3.43. The van der Waals surface area contributed by atoms with Gasteiger partial charge in [-0.15, -0.1) is 0 Å². The lowest BCUT2D eigenvalue weighted by atomic mass is 9.87. The molecule has 1 aromatic heterocycles. The van der Waals surface area contributed by atoms with Crippen molar-refractivity contribution in [2.24, 2.45) is 0 Å². The molecule has 1 amide bonds. The number of ether oxygens (including phenoxy) is 2. The van der Waals surface area contributed by atoms with E-state index in [0.29, 0.717) is 19.4 Å². The largest absolute Gasteiger partial charge is 0.454 e. The smallest absolute Gasteiger partial charge is 0.231 e. The van der Waals surface area contributed by atoms with Crippen LogP contribution in [0.5, 0.6) is 11.5 Å². The molecule has 6 nitrogen and oxygen atoms in total. The molecule has 3 heterocycles. The highest BCUT2D eigenvalue weighted by Gasteiger charge is 2.25. The van der Waals surface area contributed by atoms with Crippen molar-refractivity contribution in [2.75, 3.05) is 13.3 Å². The van der Waals surface area contributed by atoms with E-state index >= 15 is 0 Å². The van der Waals surface area contributed by atoms with Gasteiger partial charge in [0.25, 0.3) is 0 Å². The van der Waals surface area contributed by atoms with E-state index < -0.39 is 0 Å². The molecule has 0 bridgehead atoms. The fourth-order valence-electron chi connectivity index (χ4n) is 4.38. The predicted octanol–water partition coefficient (Wildman–Crippen LogP) is 4.42. The van der Waals surface area contributed by atoms with Gasteiger partial charge in [-0.2, -0.15) is 5.10 Å². The molecule has 0 N–H and O–H groups in total. The van der Waals surface area contributed by atoms with E-state index in [0.717, 1.165) is 41.3 Å². The third-order valence-corrected chi connectivity index (χ3v) is 6.33. The molecule has 0 radical (unpaired) electrons. The van der Waals surface area contributed by atoms with Crippen molar-refractivity contribution in [1.29, 1.82) is 0 Å². The van der Waals surface area contributed by atoms with Gasteiger partial charge in [-0.25, -0.2) is 4.68 Å². The summed E-state index contributed by atoms with van der Waals surface area (Å²) in [6.07, 6.45) is 3.89. The molecule has 166 valence electrons. The minimum absolute atomic E-state index is 0.129. The Labute approximate surface area is 188 Å². The highest BCUT2D eigenvalue weighted by atomic mass is 16.7. The van der Waals surface area contributed by atoms with Crippen LogP contribution < -0.4 is 9.47 Å². The first-order valence-electron chi connectivity index (χ1n) is 11.2. The first kappa shape index (κ1) is 20.6. The van der Waals surface area contributed by atoms with Crippen LogP contribution in [0.4, 0.5) is 0 Å². The van der Waals surface area contributed by atoms with Crippen LogP contribution >= 0.6 is 0 Å². The van der Waals surface area contributed by atoms with Crippen molar-refractivity contribution < 1.29 is 14.3 Å². The monoisotopic (exact) mass is 431 g/mol. The number of benzene rings is 2. The zero-order valence-electron chi connectivity index (χ0n) is 18.9. The lowest BCUT2D eigenvalue weighted by Gasteiger charge is -2.27. The van der Waals surface area contributed by atoms with Gasteiger partial charge in [-0.3, -0.25) is 4.79 Å². The third-order valence-electron chi connectivity index (χ3n) is 6.33. The SMILES string of the molecule is CC(C)(C)c1ccc(-n2ncc3c2CCN(C(=O)CCc2ccc4c(c2)OCO4)C3)cc1. The Balaban J connectivity index is 1.23. The molecular weight excluding hydrogens is 402 g/mol. The summed E-state index contributed by atoms with van der Waals surface area (Å²) < 4.78 is 12.8. The van der Waals surface area contributed by atoms with Crippen LogP contribution in [-0.4, -0.2) is 33.9 Å². The summed E-state index contributed by atoms with van der Waals surface area (Å²) in [4.78, 5) is 14.8. The average molecular weight is 432 g/mol. The van der Waals surface area contributed by atoms with E-state index in [9.17, 15) is 4.79 Å². The van der Waals surface area contributed by atoms with Crippen LogP contribution in [0, 0.1) is 0 Å². The summed E-state index contributed by atoms with van der Waals surface area (Å²) in [7, 11) is 0. The van der Waals surface area contributed by atoms with Crippen LogP contribution in [0.2, 0.25) is 0 Å². The van der Waals surface area contributed by atoms with Gasteiger partial charge in [0.2, 0.25) is 12.7 Å². The zero-order chi connectivity index (χ0) is 22.3. The highest BCUT2D eigenvalue weighted by Crippen LogP contribution is 2.33. The number of fused-ring (bicyclic) bond motifs is 2. The maximum atomic E-state index is 12.9. The Hall–Kier alpha value is -3.28. The zero-order valence-corrected chi connectivity index (χ0v) is 18.9. The molecule has 2 aliphatic rings. The number of hydrogen-bond acceptors (Lipinski definition) is 4. The normalized spacial score (nSPS) is 15.0. The summed E-state index contributed by atoms with van der Waals surface area (Å²) in [5, 5.41) is 4.63. The Morgan fingerprint density at radius 1 is 1.06 bits per heavy atom. The molecule has 2 aliphatic heterocycles. The topological polar surface area (TPSA) is 56.6 Å². The van der Waals surface area contributed by atoms with Crippen molar-refractivity contribution in [3.63, 3.8) is 0 Å². The Morgan fingerprint density at radius 3 is 2.62 bits per heavy atom. The van der Waals surface area contributed by atoms with Crippen LogP contribution in [0.1, 0.15) is 49.6 Å². The standard InChI is InChI=1S/C26H29N3O3/c1-26(2,3)20-6-8-21(9-7-20)29-22-12-13-28(16-19(22)15-27-29)25(30)11-5-18-4-10-23-24(14-18)32-17-31-23/h4,6-10,14-15H,5,11-13,16-17H2,1-3H3. The number of nitrogens with zero attached hydrogens (tertiary/aromatic N) is 3. The molecule has 32 heavy (non-hydrogen) atoms. The summed E-state index contributed by atoms with van der Waals surface area (Å²) >= 11 is 0. The second-order valence-electron chi connectivity index (χ2n) is 9.58. The minimum atomic E-state index is 0.129. The summed E-state index contributed by atoms with van der Waals surface area (Å²) in [5.41, 5.74) is 5.93. The van der Waals surface area contributed by atoms with E-state index in [1.807, 2.05) is 34.0 Å². The third kappa shape index (κ3) is 3.97. The molecule has 0 spiro atoms. The lowest BCUT2D eigenvalue weighted by Crippen LogP contribution is -2.36. The molecular formula is C26H29N3O3. The quantitative estimate of drug-likeness (QED) is 0.614. The fourth-order valence-corrected chi connectivity index (χ4v) is 4.38. The van der Waals surface area contributed by atoms with Crippen molar-refractivity contribution >= 4 is 5.91 Å². The maximum absolute atomic E-state index is 12.9. The first-order chi connectivity index (χ1) is 15.4. The van der Waals surface area contributed by atoms with Gasteiger partial charge in [0.05, 0.1) is 17.6 Å². The number of carbonyl (C=O) groups is 1. The van der Waals surface area contributed by atoms with Crippen LogP contribution in [0.15, 0.2) is 48.7 Å². The fraction of sp³-hybridized carbons (Fsp3) is 0.385.